The second kappa shape index (κ2) is 6.75. The van der Waals surface area contributed by atoms with Crippen LogP contribution in [0.1, 0.15) is 28.4 Å². The first-order valence-electron chi connectivity index (χ1n) is 7.31. The lowest BCUT2D eigenvalue weighted by Crippen LogP contribution is -2.52. The van der Waals surface area contributed by atoms with Gasteiger partial charge in [0.2, 0.25) is 0 Å². The van der Waals surface area contributed by atoms with Crippen molar-refractivity contribution in [2.45, 2.75) is 19.9 Å². The summed E-state index contributed by atoms with van der Waals surface area (Å²) < 4.78 is 0. The molecule has 21 heavy (non-hydrogen) atoms. The zero-order valence-corrected chi connectivity index (χ0v) is 13.0. The maximum atomic E-state index is 12.7. The molecule has 2 N–H and O–H groups in total. The quantitative estimate of drug-likeness (QED) is 0.786. The summed E-state index contributed by atoms with van der Waals surface area (Å²) in [4.78, 5) is 16.9. The fourth-order valence-corrected chi connectivity index (χ4v) is 2.74. The van der Waals surface area contributed by atoms with E-state index in [-0.39, 0.29) is 11.9 Å². The molecule has 1 atom stereocenters. The number of amides is 1. The minimum Gasteiger partial charge on any atom is -0.333 e. The number of likely N-dealkylation sites (N-methyl/N-ethyl adjacent to an activating group) is 1. The Balaban J connectivity index is 2.24. The number of carbonyl (C=O) groups excluding carboxylic acids is 1. The lowest BCUT2D eigenvalue weighted by Gasteiger charge is -2.38. The average molecular weight is 285 g/mol. The van der Waals surface area contributed by atoms with E-state index in [1.165, 1.54) is 0 Å². The van der Waals surface area contributed by atoms with Crippen molar-refractivity contribution in [1.29, 1.82) is 0 Å². The lowest BCUT2D eigenvalue weighted by molar-refractivity contribution is 0.0533. The smallest absolute Gasteiger partial charge is 0.254 e. The molecule has 1 aromatic rings. The van der Waals surface area contributed by atoms with Gasteiger partial charge in [-0.25, -0.2) is 0 Å². The van der Waals surface area contributed by atoms with Crippen LogP contribution in [0.4, 0.5) is 0 Å². The van der Waals surface area contributed by atoms with Gasteiger partial charge in [0, 0.05) is 36.8 Å². The Kier molecular flexibility index (Phi) is 5.00. The van der Waals surface area contributed by atoms with Crippen molar-refractivity contribution in [3.8, 4) is 11.8 Å². The van der Waals surface area contributed by atoms with Gasteiger partial charge in [-0.15, -0.1) is 0 Å². The highest BCUT2D eigenvalue weighted by molar-refractivity contribution is 5.95. The summed E-state index contributed by atoms with van der Waals surface area (Å²) in [6.07, 6.45) is 0. The van der Waals surface area contributed by atoms with Crippen LogP contribution in [-0.4, -0.2) is 55.0 Å². The van der Waals surface area contributed by atoms with E-state index in [0.29, 0.717) is 12.1 Å². The standard InChI is InChI=1S/C17H23N3O/c1-13-9-15(5-4-6-18)11-16(10-13)17(21)20-8-7-19(3)12-14(20)2/h9-11,14H,6-8,12,18H2,1-3H3. The maximum absolute atomic E-state index is 12.7. The molecule has 0 spiro atoms. The Morgan fingerprint density at radius 2 is 2.14 bits per heavy atom. The van der Waals surface area contributed by atoms with Crippen LogP contribution in [0.15, 0.2) is 18.2 Å². The second-order valence-electron chi connectivity index (χ2n) is 5.70. The number of benzene rings is 1. The van der Waals surface area contributed by atoms with Gasteiger partial charge in [-0.2, -0.15) is 0 Å². The number of nitrogens with two attached hydrogens (primary N) is 1. The Hall–Kier alpha value is -1.83. The highest BCUT2D eigenvalue weighted by atomic mass is 16.2. The summed E-state index contributed by atoms with van der Waals surface area (Å²) in [6, 6.07) is 6.01. The van der Waals surface area contributed by atoms with Gasteiger partial charge >= 0.3 is 0 Å². The van der Waals surface area contributed by atoms with Crippen LogP contribution >= 0.6 is 0 Å². The molecular weight excluding hydrogens is 262 g/mol. The van der Waals surface area contributed by atoms with Crippen LogP contribution in [0.25, 0.3) is 0 Å². The molecule has 4 heteroatoms. The monoisotopic (exact) mass is 285 g/mol. The predicted molar refractivity (Wildman–Crippen MR) is 85.1 cm³/mol. The van der Waals surface area contributed by atoms with Crippen LogP contribution in [0.2, 0.25) is 0 Å². The Labute approximate surface area is 126 Å². The highest BCUT2D eigenvalue weighted by Gasteiger charge is 2.26. The summed E-state index contributed by atoms with van der Waals surface area (Å²) in [5.41, 5.74) is 8.02. The molecular formula is C17H23N3O. The summed E-state index contributed by atoms with van der Waals surface area (Å²) >= 11 is 0. The zero-order valence-electron chi connectivity index (χ0n) is 13.0. The van der Waals surface area contributed by atoms with Crippen LogP contribution in [0.3, 0.4) is 0 Å². The normalized spacial score (nSPS) is 19.0. The molecule has 1 aliphatic heterocycles. The molecule has 0 radical (unpaired) electrons. The van der Waals surface area contributed by atoms with Crippen LogP contribution in [0, 0.1) is 18.8 Å². The first-order valence-corrected chi connectivity index (χ1v) is 7.31. The van der Waals surface area contributed by atoms with E-state index in [1.807, 2.05) is 30.0 Å². The molecule has 1 fully saturated rings. The van der Waals surface area contributed by atoms with E-state index < -0.39 is 0 Å². The topological polar surface area (TPSA) is 49.6 Å². The summed E-state index contributed by atoms with van der Waals surface area (Å²) in [7, 11) is 2.09. The van der Waals surface area contributed by atoms with Gasteiger partial charge in [-0.05, 0) is 44.7 Å². The molecule has 0 bridgehead atoms. The number of rotatable bonds is 1. The van der Waals surface area contributed by atoms with Crippen molar-refractivity contribution < 1.29 is 4.79 Å². The number of hydrogen-bond acceptors (Lipinski definition) is 3. The highest BCUT2D eigenvalue weighted by Crippen LogP contribution is 2.16. The molecule has 112 valence electrons. The third-order valence-electron chi connectivity index (χ3n) is 3.75. The molecule has 1 saturated heterocycles. The van der Waals surface area contributed by atoms with Gasteiger partial charge < -0.3 is 15.5 Å². The van der Waals surface area contributed by atoms with E-state index in [2.05, 4.69) is 30.7 Å². The summed E-state index contributed by atoms with van der Waals surface area (Å²) in [6.45, 7) is 7.01. The minimum atomic E-state index is 0.0927. The summed E-state index contributed by atoms with van der Waals surface area (Å²) in [5.74, 6) is 5.94. The van der Waals surface area contributed by atoms with Crippen molar-refractivity contribution in [3.63, 3.8) is 0 Å². The molecule has 2 rings (SSSR count). The van der Waals surface area contributed by atoms with Gasteiger partial charge in [0.05, 0.1) is 6.54 Å². The third-order valence-corrected chi connectivity index (χ3v) is 3.75. The Morgan fingerprint density at radius 3 is 2.81 bits per heavy atom. The SMILES string of the molecule is Cc1cc(C#CCN)cc(C(=O)N2CCN(C)CC2C)c1. The van der Waals surface area contributed by atoms with Crippen molar-refractivity contribution in [3.05, 3.63) is 34.9 Å². The van der Waals surface area contributed by atoms with Gasteiger partial charge in [0.25, 0.3) is 5.91 Å². The zero-order chi connectivity index (χ0) is 15.4. The molecule has 1 unspecified atom stereocenters. The lowest BCUT2D eigenvalue weighted by atomic mass is 10.0. The van der Waals surface area contributed by atoms with Crippen LogP contribution < -0.4 is 5.73 Å². The van der Waals surface area contributed by atoms with Gasteiger partial charge in [0.15, 0.2) is 0 Å². The third kappa shape index (κ3) is 3.84. The molecule has 0 aliphatic carbocycles. The molecule has 1 amide bonds. The number of carbonyl (C=O) groups is 1. The van der Waals surface area contributed by atoms with Crippen molar-refractivity contribution in [1.82, 2.24) is 9.80 Å². The fourth-order valence-electron chi connectivity index (χ4n) is 2.74. The van der Waals surface area contributed by atoms with Crippen LogP contribution in [0.5, 0.6) is 0 Å². The predicted octanol–water partition coefficient (Wildman–Crippen LogP) is 1.08. The van der Waals surface area contributed by atoms with Gasteiger partial charge in [-0.3, -0.25) is 4.79 Å². The fraction of sp³-hybridized carbons (Fsp3) is 0.471. The molecule has 1 heterocycles. The number of hydrogen-bond donors (Lipinski definition) is 1. The van der Waals surface area contributed by atoms with Crippen molar-refractivity contribution >= 4 is 5.91 Å². The van der Waals surface area contributed by atoms with Gasteiger partial charge in [-0.1, -0.05) is 11.8 Å². The van der Waals surface area contributed by atoms with E-state index in [0.717, 1.165) is 30.8 Å². The summed E-state index contributed by atoms with van der Waals surface area (Å²) in [5, 5.41) is 0. The maximum Gasteiger partial charge on any atom is 0.254 e. The van der Waals surface area contributed by atoms with Gasteiger partial charge in [0.1, 0.15) is 0 Å². The number of nitrogens with zero attached hydrogens (tertiary/aromatic N) is 2. The molecule has 0 saturated carbocycles. The minimum absolute atomic E-state index is 0.0927. The van der Waals surface area contributed by atoms with E-state index in [9.17, 15) is 4.79 Å². The second-order valence-corrected chi connectivity index (χ2v) is 5.70. The first kappa shape index (κ1) is 15.6. The van der Waals surface area contributed by atoms with Crippen molar-refractivity contribution in [2.24, 2.45) is 5.73 Å². The van der Waals surface area contributed by atoms with E-state index >= 15 is 0 Å². The largest absolute Gasteiger partial charge is 0.333 e. The average Bonchev–Trinajstić information content (AvgIpc) is 2.44. The molecule has 4 nitrogen and oxygen atoms in total. The number of aryl methyl sites for hydroxylation is 1. The van der Waals surface area contributed by atoms with Crippen LogP contribution in [-0.2, 0) is 0 Å². The molecule has 1 aromatic carbocycles. The Bertz CT molecular complexity index is 585. The van der Waals surface area contributed by atoms with E-state index in [4.69, 9.17) is 5.73 Å². The number of piperazine rings is 1. The molecule has 1 aliphatic rings. The molecule has 0 aromatic heterocycles. The first-order chi connectivity index (χ1) is 10.0. The Morgan fingerprint density at radius 1 is 1.38 bits per heavy atom. The van der Waals surface area contributed by atoms with Crippen molar-refractivity contribution in [2.75, 3.05) is 33.2 Å². The van der Waals surface area contributed by atoms with E-state index in [1.54, 1.807) is 0 Å².